The summed E-state index contributed by atoms with van der Waals surface area (Å²) in [5, 5.41) is 9.56. The van der Waals surface area contributed by atoms with Crippen molar-refractivity contribution < 1.29 is 23.0 Å². The van der Waals surface area contributed by atoms with E-state index in [1.165, 1.54) is 7.11 Å². The van der Waals surface area contributed by atoms with Crippen molar-refractivity contribution in [3.63, 3.8) is 0 Å². The van der Waals surface area contributed by atoms with Gasteiger partial charge in [0.15, 0.2) is 11.6 Å². The van der Waals surface area contributed by atoms with Crippen molar-refractivity contribution in [2.75, 3.05) is 13.7 Å². The van der Waals surface area contributed by atoms with Gasteiger partial charge in [0.2, 0.25) is 0 Å². The quantitative estimate of drug-likeness (QED) is 0.626. The molecule has 16 heavy (non-hydrogen) atoms. The van der Waals surface area contributed by atoms with Gasteiger partial charge in [-0.2, -0.15) is 0 Å². The van der Waals surface area contributed by atoms with Gasteiger partial charge in [-0.25, -0.2) is 13.2 Å². The molecule has 0 bridgehead atoms. The normalized spacial score (nSPS) is 12.8. The highest BCUT2D eigenvalue weighted by atomic mass is 19.2. The summed E-state index contributed by atoms with van der Waals surface area (Å²) in [6, 6.07) is 1.12. The lowest BCUT2D eigenvalue weighted by Crippen LogP contribution is -2.04. The van der Waals surface area contributed by atoms with Crippen LogP contribution in [0.3, 0.4) is 0 Å². The number of methoxy groups -OCH3 is 1. The molecule has 0 aliphatic heterocycles. The molecule has 0 aromatic heterocycles. The van der Waals surface area contributed by atoms with Crippen LogP contribution in [0.5, 0.6) is 0 Å². The fourth-order valence-electron chi connectivity index (χ4n) is 1.37. The summed E-state index contributed by atoms with van der Waals surface area (Å²) in [6.45, 7) is 0.419. The van der Waals surface area contributed by atoms with Crippen LogP contribution in [-0.2, 0) is 4.74 Å². The Labute approximate surface area is 91.7 Å². The Balaban J connectivity index is 2.75. The maximum absolute atomic E-state index is 13.2. The van der Waals surface area contributed by atoms with Crippen LogP contribution in [0.1, 0.15) is 24.5 Å². The summed E-state index contributed by atoms with van der Waals surface area (Å²) in [7, 11) is 1.50. The minimum absolute atomic E-state index is 0.227. The van der Waals surface area contributed by atoms with E-state index in [1.807, 2.05) is 0 Å². The molecule has 0 heterocycles. The van der Waals surface area contributed by atoms with Gasteiger partial charge in [0.05, 0.1) is 6.10 Å². The molecule has 1 aromatic carbocycles. The maximum Gasteiger partial charge on any atom is 0.161 e. The minimum Gasteiger partial charge on any atom is -0.388 e. The van der Waals surface area contributed by atoms with E-state index < -0.39 is 23.6 Å². The lowest BCUT2D eigenvalue weighted by Gasteiger charge is -2.11. The fraction of sp³-hybridized carbons (Fsp3) is 0.455. The van der Waals surface area contributed by atoms with Crippen molar-refractivity contribution in [2.24, 2.45) is 0 Å². The first kappa shape index (κ1) is 13.0. The van der Waals surface area contributed by atoms with Crippen molar-refractivity contribution in [1.82, 2.24) is 0 Å². The minimum atomic E-state index is -1.26. The van der Waals surface area contributed by atoms with Gasteiger partial charge in [-0.1, -0.05) is 0 Å². The number of benzene rings is 1. The van der Waals surface area contributed by atoms with Crippen LogP contribution in [-0.4, -0.2) is 18.8 Å². The number of aliphatic hydroxyl groups excluding tert-OH is 1. The van der Waals surface area contributed by atoms with E-state index in [0.717, 1.165) is 0 Å². The second-order valence-corrected chi connectivity index (χ2v) is 3.44. The van der Waals surface area contributed by atoms with E-state index in [2.05, 4.69) is 0 Å². The van der Waals surface area contributed by atoms with Crippen LogP contribution < -0.4 is 0 Å². The van der Waals surface area contributed by atoms with E-state index in [1.54, 1.807) is 0 Å². The number of aliphatic hydroxyl groups is 1. The first-order valence-corrected chi connectivity index (χ1v) is 4.87. The van der Waals surface area contributed by atoms with Gasteiger partial charge in [-0.3, -0.25) is 0 Å². The zero-order valence-electron chi connectivity index (χ0n) is 8.84. The lowest BCUT2D eigenvalue weighted by atomic mass is 10.0. The number of ether oxygens (including phenoxy) is 1. The average Bonchev–Trinajstić information content (AvgIpc) is 2.23. The van der Waals surface area contributed by atoms with Crippen LogP contribution in [0, 0.1) is 17.5 Å². The standard InChI is InChI=1S/C11H13F3O2/c1-16-4-2-3-11(15)7-5-9(13)10(14)6-8(7)12/h5-6,11,15H,2-4H2,1H3. The molecule has 1 N–H and O–H groups in total. The van der Waals surface area contributed by atoms with Gasteiger partial charge in [-0.05, 0) is 18.9 Å². The maximum atomic E-state index is 13.2. The van der Waals surface area contributed by atoms with Gasteiger partial charge in [0.25, 0.3) is 0 Å². The second kappa shape index (κ2) is 5.86. The molecule has 1 atom stereocenters. The van der Waals surface area contributed by atoms with E-state index in [0.29, 0.717) is 25.2 Å². The first-order chi connectivity index (χ1) is 7.56. The molecule has 2 nitrogen and oxygen atoms in total. The van der Waals surface area contributed by atoms with E-state index in [4.69, 9.17) is 4.74 Å². The fourth-order valence-corrected chi connectivity index (χ4v) is 1.37. The summed E-state index contributed by atoms with van der Waals surface area (Å²) in [5.41, 5.74) is -0.227. The predicted octanol–water partition coefficient (Wildman–Crippen LogP) is 2.56. The van der Waals surface area contributed by atoms with Crippen LogP contribution >= 0.6 is 0 Å². The Morgan fingerprint density at radius 1 is 1.19 bits per heavy atom. The predicted molar refractivity (Wildman–Crippen MR) is 52.4 cm³/mol. The molecule has 0 spiro atoms. The van der Waals surface area contributed by atoms with Crippen molar-refractivity contribution in [3.05, 3.63) is 35.1 Å². The monoisotopic (exact) mass is 234 g/mol. The van der Waals surface area contributed by atoms with E-state index >= 15 is 0 Å². The smallest absolute Gasteiger partial charge is 0.161 e. The topological polar surface area (TPSA) is 29.5 Å². The van der Waals surface area contributed by atoms with Gasteiger partial charge in [0.1, 0.15) is 5.82 Å². The number of halogens is 3. The van der Waals surface area contributed by atoms with Gasteiger partial charge < -0.3 is 9.84 Å². The third kappa shape index (κ3) is 3.21. The Bertz CT molecular complexity index is 355. The third-order valence-electron chi connectivity index (χ3n) is 2.22. The van der Waals surface area contributed by atoms with Gasteiger partial charge in [-0.15, -0.1) is 0 Å². The van der Waals surface area contributed by atoms with Crippen molar-refractivity contribution >= 4 is 0 Å². The molecule has 1 unspecified atom stereocenters. The average molecular weight is 234 g/mol. The number of rotatable bonds is 5. The third-order valence-corrected chi connectivity index (χ3v) is 2.22. The second-order valence-electron chi connectivity index (χ2n) is 3.44. The zero-order valence-corrected chi connectivity index (χ0v) is 8.84. The summed E-state index contributed by atoms with van der Waals surface area (Å²) in [4.78, 5) is 0. The molecular weight excluding hydrogens is 221 g/mol. The highest BCUT2D eigenvalue weighted by Gasteiger charge is 2.16. The molecule has 0 saturated heterocycles. The summed E-state index contributed by atoms with van der Waals surface area (Å²) in [6.07, 6.45) is -0.406. The molecule has 5 heteroatoms. The van der Waals surface area contributed by atoms with E-state index in [9.17, 15) is 18.3 Å². The Kier molecular flexibility index (Phi) is 4.76. The number of hydrogen-bond donors (Lipinski definition) is 1. The van der Waals surface area contributed by atoms with Crippen LogP contribution in [0.2, 0.25) is 0 Å². The van der Waals surface area contributed by atoms with Crippen LogP contribution in [0.4, 0.5) is 13.2 Å². The van der Waals surface area contributed by atoms with Crippen molar-refractivity contribution in [1.29, 1.82) is 0 Å². The summed E-state index contributed by atoms with van der Waals surface area (Å²) in [5.74, 6) is -3.36. The molecular formula is C11H13F3O2. The number of hydrogen-bond acceptors (Lipinski definition) is 2. The van der Waals surface area contributed by atoms with Crippen LogP contribution in [0.15, 0.2) is 12.1 Å². The molecule has 0 fully saturated rings. The van der Waals surface area contributed by atoms with Gasteiger partial charge in [0, 0.05) is 25.3 Å². The molecule has 1 rings (SSSR count). The largest absolute Gasteiger partial charge is 0.388 e. The van der Waals surface area contributed by atoms with Gasteiger partial charge >= 0.3 is 0 Å². The van der Waals surface area contributed by atoms with Crippen molar-refractivity contribution in [2.45, 2.75) is 18.9 Å². The van der Waals surface area contributed by atoms with E-state index in [-0.39, 0.29) is 12.0 Å². The lowest BCUT2D eigenvalue weighted by molar-refractivity contribution is 0.133. The Morgan fingerprint density at radius 2 is 1.81 bits per heavy atom. The Hall–Kier alpha value is -1.07. The highest BCUT2D eigenvalue weighted by Crippen LogP contribution is 2.23. The molecule has 0 radical (unpaired) electrons. The Morgan fingerprint density at radius 3 is 2.44 bits per heavy atom. The summed E-state index contributed by atoms with van der Waals surface area (Å²) < 4.78 is 43.4. The highest BCUT2D eigenvalue weighted by molar-refractivity contribution is 5.22. The molecule has 90 valence electrons. The summed E-state index contributed by atoms with van der Waals surface area (Å²) >= 11 is 0. The van der Waals surface area contributed by atoms with Crippen molar-refractivity contribution in [3.8, 4) is 0 Å². The zero-order chi connectivity index (χ0) is 12.1. The molecule has 0 aliphatic carbocycles. The molecule has 0 aliphatic rings. The SMILES string of the molecule is COCCCC(O)c1cc(F)c(F)cc1F. The first-order valence-electron chi connectivity index (χ1n) is 4.87. The van der Waals surface area contributed by atoms with Crippen LogP contribution in [0.25, 0.3) is 0 Å². The molecule has 0 amide bonds. The molecule has 0 saturated carbocycles. The molecule has 1 aromatic rings.